The fourth-order valence-electron chi connectivity index (χ4n) is 3.34. The molecule has 0 aliphatic heterocycles. The van der Waals surface area contributed by atoms with Crippen LogP contribution in [0.3, 0.4) is 0 Å². The van der Waals surface area contributed by atoms with E-state index in [-0.39, 0.29) is 12.1 Å². The molecule has 0 amide bonds. The molecule has 1 saturated carbocycles. The normalized spacial score (nSPS) is 25.6. The van der Waals surface area contributed by atoms with E-state index in [4.69, 9.17) is 10.7 Å². The Morgan fingerprint density at radius 2 is 2.00 bits per heavy atom. The standard InChI is InChI=1S/C16H22N4/c17-10-12-9-11-5-1-3-7-14(11)19-16(12)20-15-8-4-2-6-13(15)18/h9,13,15H,1-8,18H2,(H,19,20). The summed E-state index contributed by atoms with van der Waals surface area (Å²) in [5.41, 5.74) is 9.28. The SMILES string of the molecule is N#Cc1cc2c(nc1NC1CCCCC1N)CCCC2. The number of nitrogens with two attached hydrogens (primary N) is 1. The molecule has 2 aliphatic carbocycles. The van der Waals surface area contributed by atoms with Crippen LogP contribution in [0, 0.1) is 11.3 Å². The van der Waals surface area contributed by atoms with E-state index in [2.05, 4.69) is 11.4 Å². The number of rotatable bonds is 2. The van der Waals surface area contributed by atoms with Gasteiger partial charge in [-0.15, -0.1) is 0 Å². The second-order valence-electron chi connectivity index (χ2n) is 6.01. The smallest absolute Gasteiger partial charge is 0.144 e. The summed E-state index contributed by atoms with van der Waals surface area (Å²) in [6, 6.07) is 4.74. The van der Waals surface area contributed by atoms with Crippen molar-refractivity contribution in [3.8, 4) is 6.07 Å². The third kappa shape index (κ3) is 2.64. The summed E-state index contributed by atoms with van der Waals surface area (Å²) in [7, 11) is 0. The summed E-state index contributed by atoms with van der Waals surface area (Å²) in [4.78, 5) is 4.72. The molecule has 4 heteroatoms. The van der Waals surface area contributed by atoms with Crippen LogP contribution < -0.4 is 11.1 Å². The Balaban J connectivity index is 1.86. The maximum absolute atomic E-state index is 9.35. The van der Waals surface area contributed by atoms with Crippen molar-refractivity contribution in [3.05, 3.63) is 22.9 Å². The van der Waals surface area contributed by atoms with Crippen molar-refractivity contribution in [1.29, 1.82) is 5.26 Å². The highest BCUT2D eigenvalue weighted by atomic mass is 15.0. The fraction of sp³-hybridized carbons (Fsp3) is 0.625. The lowest BCUT2D eigenvalue weighted by atomic mass is 9.90. The number of hydrogen-bond donors (Lipinski definition) is 2. The Kier molecular flexibility index (Phi) is 3.88. The first-order chi connectivity index (χ1) is 9.78. The van der Waals surface area contributed by atoms with E-state index in [1.54, 1.807) is 0 Å². The third-order valence-corrected chi connectivity index (χ3v) is 4.56. The number of aromatic nitrogens is 1. The van der Waals surface area contributed by atoms with Gasteiger partial charge in [-0.05, 0) is 50.2 Å². The van der Waals surface area contributed by atoms with Crippen LogP contribution in [0.25, 0.3) is 0 Å². The fourth-order valence-corrected chi connectivity index (χ4v) is 3.34. The van der Waals surface area contributed by atoms with Crippen LogP contribution in [0.4, 0.5) is 5.82 Å². The Morgan fingerprint density at radius 3 is 2.80 bits per heavy atom. The molecule has 4 nitrogen and oxygen atoms in total. The molecule has 3 N–H and O–H groups in total. The second kappa shape index (κ2) is 5.80. The van der Waals surface area contributed by atoms with Gasteiger partial charge >= 0.3 is 0 Å². The summed E-state index contributed by atoms with van der Waals surface area (Å²) < 4.78 is 0. The van der Waals surface area contributed by atoms with E-state index in [0.717, 1.165) is 31.5 Å². The molecular formula is C16H22N4. The Labute approximate surface area is 120 Å². The average Bonchev–Trinajstić information content (AvgIpc) is 2.49. The van der Waals surface area contributed by atoms with Crippen LogP contribution in [-0.2, 0) is 12.8 Å². The molecule has 1 heterocycles. The van der Waals surface area contributed by atoms with Crippen molar-refractivity contribution in [3.63, 3.8) is 0 Å². The number of pyridine rings is 1. The van der Waals surface area contributed by atoms with Gasteiger partial charge in [0.25, 0.3) is 0 Å². The van der Waals surface area contributed by atoms with Gasteiger partial charge in [0.2, 0.25) is 0 Å². The topological polar surface area (TPSA) is 74.7 Å². The molecular weight excluding hydrogens is 248 g/mol. The van der Waals surface area contributed by atoms with Gasteiger partial charge in [-0.25, -0.2) is 4.98 Å². The van der Waals surface area contributed by atoms with E-state index in [0.29, 0.717) is 5.56 Å². The molecule has 0 radical (unpaired) electrons. The predicted molar refractivity (Wildman–Crippen MR) is 79.4 cm³/mol. The number of nitrogens with one attached hydrogen (secondary N) is 1. The van der Waals surface area contributed by atoms with Crippen LogP contribution in [0.2, 0.25) is 0 Å². The number of aryl methyl sites for hydroxylation is 2. The molecule has 1 fully saturated rings. The van der Waals surface area contributed by atoms with Gasteiger partial charge in [-0.1, -0.05) is 12.8 Å². The highest BCUT2D eigenvalue weighted by molar-refractivity contribution is 5.55. The summed E-state index contributed by atoms with van der Waals surface area (Å²) in [5, 5.41) is 12.8. The van der Waals surface area contributed by atoms with Crippen molar-refractivity contribution < 1.29 is 0 Å². The number of fused-ring (bicyclic) bond motifs is 1. The van der Waals surface area contributed by atoms with Crippen LogP contribution in [0.1, 0.15) is 55.3 Å². The molecule has 2 unspecified atom stereocenters. The van der Waals surface area contributed by atoms with Crippen LogP contribution in [0.15, 0.2) is 6.07 Å². The van der Waals surface area contributed by atoms with E-state index in [9.17, 15) is 5.26 Å². The molecule has 2 atom stereocenters. The van der Waals surface area contributed by atoms with Crippen molar-refractivity contribution in [2.75, 3.05) is 5.32 Å². The van der Waals surface area contributed by atoms with Crippen molar-refractivity contribution in [1.82, 2.24) is 4.98 Å². The molecule has 0 spiro atoms. The van der Waals surface area contributed by atoms with E-state index < -0.39 is 0 Å². The van der Waals surface area contributed by atoms with Crippen molar-refractivity contribution in [2.24, 2.45) is 5.73 Å². The van der Waals surface area contributed by atoms with Gasteiger partial charge in [0.15, 0.2) is 0 Å². The predicted octanol–water partition coefficient (Wildman–Crippen LogP) is 2.51. The largest absolute Gasteiger partial charge is 0.365 e. The molecule has 106 valence electrons. The maximum Gasteiger partial charge on any atom is 0.144 e. The van der Waals surface area contributed by atoms with Crippen molar-refractivity contribution >= 4 is 5.82 Å². The van der Waals surface area contributed by atoms with Gasteiger partial charge in [-0.2, -0.15) is 5.26 Å². The number of nitrogens with zero attached hydrogens (tertiary/aromatic N) is 2. The van der Waals surface area contributed by atoms with Crippen LogP contribution >= 0.6 is 0 Å². The van der Waals surface area contributed by atoms with Gasteiger partial charge in [-0.3, -0.25) is 0 Å². The second-order valence-corrected chi connectivity index (χ2v) is 6.01. The number of hydrogen-bond acceptors (Lipinski definition) is 4. The van der Waals surface area contributed by atoms with Gasteiger partial charge in [0.1, 0.15) is 11.9 Å². The minimum Gasteiger partial charge on any atom is -0.365 e. The zero-order chi connectivity index (χ0) is 13.9. The minimum absolute atomic E-state index is 0.174. The lowest BCUT2D eigenvalue weighted by Gasteiger charge is -2.30. The summed E-state index contributed by atoms with van der Waals surface area (Å²) in [5.74, 6) is 0.746. The molecule has 1 aromatic rings. The summed E-state index contributed by atoms with van der Waals surface area (Å²) >= 11 is 0. The zero-order valence-corrected chi connectivity index (χ0v) is 11.9. The molecule has 0 saturated heterocycles. The molecule has 20 heavy (non-hydrogen) atoms. The number of nitriles is 1. The van der Waals surface area contributed by atoms with Crippen LogP contribution in [0.5, 0.6) is 0 Å². The average molecular weight is 270 g/mol. The Bertz CT molecular complexity index is 532. The van der Waals surface area contributed by atoms with Crippen molar-refractivity contribution in [2.45, 2.75) is 63.5 Å². The minimum atomic E-state index is 0.174. The molecule has 2 aliphatic rings. The molecule has 1 aromatic heterocycles. The van der Waals surface area contributed by atoms with Gasteiger partial charge in [0.05, 0.1) is 5.56 Å². The quantitative estimate of drug-likeness (QED) is 0.866. The Morgan fingerprint density at radius 1 is 1.20 bits per heavy atom. The van der Waals surface area contributed by atoms with E-state index in [1.807, 2.05) is 6.07 Å². The Hall–Kier alpha value is -1.60. The van der Waals surface area contributed by atoms with Crippen LogP contribution in [-0.4, -0.2) is 17.1 Å². The zero-order valence-electron chi connectivity index (χ0n) is 11.9. The summed E-state index contributed by atoms with van der Waals surface area (Å²) in [6.45, 7) is 0. The lowest BCUT2D eigenvalue weighted by molar-refractivity contribution is 0.403. The van der Waals surface area contributed by atoms with E-state index >= 15 is 0 Å². The first-order valence-corrected chi connectivity index (χ1v) is 7.73. The van der Waals surface area contributed by atoms with E-state index in [1.165, 1.54) is 36.9 Å². The highest BCUT2D eigenvalue weighted by Gasteiger charge is 2.24. The molecule has 0 aromatic carbocycles. The maximum atomic E-state index is 9.35. The van der Waals surface area contributed by atoms with Gasteiger partial charge < -0.3 is 11.1 Å². The lowest BCUT2D eigenvalue weighted by Crippen LogP contribution is -2.43. The highest BCUT2D eigenvalue weighted by Crippen LogP contribution is 2.26. The number of anilines is 1. The first kappa shape index (κ1) is 13.4. The first-order valence-electron chi connectivity index (χ1n) is 7.73. The molecule has 0 bridgehead atoms. The molecule has 3 rings (SSSR count). The third-order valence-electron chi connectivity index (χ3n) is 4.56. The summed E-state index contributed by atoms with van der Waals surface area (Å²) in [6.07, 6.45) is 9.05. The monoisotopic (exact) mass is 270 g/mol. The van der Waals surface area contributed by atoms with Gasteiger partial charge in [0, 0.05) is 17.8 Å².